The van der Waals surface area contributed by atoms with E-state index in [0.717, 1.165) is 23.7 Å². The molecule has 2 heterocycles. The summed E-state index contributed by atoms with van der Waals surface area (Å²) in [5.74, 6) is -1.46. The van der Waals surface area contributed by atoms with Gasteiger partial charge in [-0.15, -0.1) is 0 Å². The maximum Gasteiger partial charge on any atom is 0.313 e. The zero-order valence-electron chi connectivity index (χ0n) is 10.2. The first-order valence-electron chi connectivity index (χ1n) is 5.64. The van der Waals surface area contributed by atoms with Gasteiger partial charge in [0.05, 0.1) is 23.8 Å². The molecule has 0 aliphatic carbocycles. The highest BCUT2D eigenvalue weighted by Crippen LogP contribution is 2.23. The van der Waals surface area contributed by atoms with Gasteiger partial charge in [0, 0.05) is 18.0 Å². The molecule has 0 bridgehead atoms. The molecule has 1 N–H and O–H groups in total. The first kappa shape index (κ1) is 13.5. The third kappa shape index (κ3) is 3.11. The Morgan fingerprint density at radius 3 is 2.89 bits per heavy atom. The monoisotopic (exact) mass is 281 g/mol. The third-order valence-corrected chi connectivity index (χ3v) is 3.38. The fourth-order valence-corrected chi connectivity index (χ4v) is 2.38. The van der Waals surface area contributed by atoms with E-state index in [-0.39, 0.29) is 5.75 Å². The number of imidazole rings is 1. The second-order valence-electron chi connectivity index (χ2n) is 3.76. The summed E-state index contributed by atoms with van der Waals surface area (Å²) in [6.07, 6.45) is 5.01. The molecule has 0 spiro atoms. The maximum atomic E-state index is 13.2. The number of halogens is 1. The number of aliphatic carboxylic acids is 1. The van der Waals surface area contributed by atoms with Crippen molar-refractivity contribution < 1.29 is 14.3 Å². The minimum absolute atomic E-state index is 0.0943. The lowest BCUT2D eigenvalue weighted by Gasteiger charge is -2.09. The Bertz CT molecular complexity index is 600. The lowest BCUT2D eigenvalue weighted by Crippen LogP contribution is -2.04. The van der Waals surface area contributed by atoms with Crippen LogP contribution in [0.4, 0.5) is 4.39 Å². The van der Waals surface area contributed by atoms with Crippen molar-refractivity contribution in [2.75, 3.05) is 5.75 Å². The molecule has 19 heavy (non-hydrogen) atoms. The molecule has 0 saturated heterocycles. The molecule has 0 unspecified atom stereocenters. The molecule has 0 saturated carbocycles. The quantitative estimate of drug-likeness (QED) is 0.850. The average Bonchev–Trinajstić information content (AvgIpc) is 2.79. The number of aromatic nitrogens is 3. The Morgan fingerprint density at radius 1 is 1.47 bits per heavy atom. The molecule has 0 aliphatic rings. The predicted molar refractivity (Wildman–Crippen MR) is 69.1 cm³/mol. The van der Waals surface area contributed by atoms with Crippen molar-refractivity contribution in [3.63, 3.8) is 0 Å². The van der Waals surface area contributed by atoms with Crippen LogP contribution in [0.3, 0.4) is 0 Å². The van der Waals surface area contributed by atoms with Gasteiger partial charge >= 0.3 is 5.97 Å². The van der Waals surface area contributed by atoms with E-state index in [1.165, 1.54) is 12.3 Å². The Hall–Kier alpha value is -1.89. The first-order chi connectivity index (χ1) is 9.11. The topological polar surface area (TPSA) is 68.0 Å². The van der Waals surface area contributed by atoms with Crippen molar-refractivity contribution in [2.45, 2.75) is 18.5 Å². The fraction of sp³-hybridized carbons (Fsp3) is 0.250. The minimum atomic E-state index is -0.921. The van der Waals surface area contributed by atoms with Gasteiger partial charge in [0.15, 0.2) is 5.16 Å². The predicted octanol–water partition coefficient (Wildman–Crippen LogP) is 2.15. The number of carbonyl (C=O) groups is 1. The highest BCUT2D eigenvalue weighted by Gasteiger charge is 2.13. The Labute approximate surface area is 113 Å². The number of rotatable bonds is 5. The van der Waals surface area contributed by atoms with Gasteiger partial charge in [-0.3, -0.25) is 14.3 Å². The van der Waals surface area contributed by atoms with Crippen LogP contribution >= 0.6 is 11.8 Å². The standard InChI is InChI=1S/C12H12FN3O2S/c1-2-9-6-15-12(19-7-11(17)18)16(9)10-3-8(13)4-14-5-10/h3-6H,2,7H2,1H3,(H,17,18). The average molecular weight is 281 g/mol. The number of pyridine rings is 1. The second-order valence-corrected chi connectivity index (χ2v) is 4.71. The Balaban J connectivity index is 2.41. The summed E-state index contributed by atoms with van der Waals surface area (Å²) in [4.78, 5) is 18.6. The summed E-state index contributed by atoms with van der Waals surface area (Å²) < 4.78 is 15.0. The molecule has 7 heteroatoms. The highest BCUT2D eigenvalue weighted by atomic mass is 32.2. The SMILES string of the molecule is CCc1cnc(SCC(=O)O)n1-c1cncc(F)c1. The van der Waals surface area contributed by atoms with Crippen LogP contribution in [0.25, 0.3) is 5.69 Å². The van der Waals surface area contributed by atoms with Gasteiger partial charge in [0.2, 0.25) is 0 Å². The smallest absolute Gasteiger partial charge is 0.313 e. The van der Waals surface area contributed by atoms with Gasteiger partial charge in [-0.05, 0) is 6.42 Å². The summed E-state index contributed by atoms with van der Waals surface area (Å²) in [6, 6.07) is 1.35. The first-order valence-corrected chi connectivity index (χ1v) is 6.62. The number of thioether (sulfide) groups is 1. The summed E-state index contributed by atoms with van der Waals surface area (Å²) in [5.41, 5.74) is 1.42. The zero-order valence-corrected chi connectivity index (χ0v) is 11.0. The summed E-state index contributed by atoms with van der Waals surface area (Å²) in [6.45, 7) is 1.95. The van der Waals surface area contributed by atoms with E-state index >= 15 is 0 Å². The van der Waals surface area contributed by atoms with E-state index in [1.54, 1.807) is 10.8 Å². The Morgan fingerprint density at radius 2 is 2.26 bits per heavy atom. The summed E-state index contributed by atoms with van der Waals surface area (Å²) in [5, 5.41) is 9.23. The Kier molecular flexibility index (Phi) is 4.16. The molecule has 0 aliphatic heterocycles. The molecule has 2 aromatic heterocycles. The van der Waals surface area contributed by atoms with Crippen LogP contribution in [0.5, 0.6) is 0 Å². The van der Waals surface area contributed by atoms with Crippen molar-refractivity contribution in [1.82, 2.24) is 14.5 Å². The van der Waals surface area contributed by atoms with Gasteiger partial charge < -0.3 is 5.11 Å². The van der Waals surface area contributed by atoms with Crippen molar-refractivity contribution >= 4 is 17.7 Å². The highest BCUT2D eigenvalue weighted by molar-refractivity contribution is 7.99. The normalized spacial score (nSPS) is 10.6. The molecule has 0 atom stereocenters. The van der Waals surface area contributed by atoms with E-state index in [1.807, 2.05) is 6.92 Å². The number of aryl methyl sites for hydroxylation is 1. The number of hydrogen-bond acceptors (Lipinski definition) is 4. The lowest BCUT2D eigenvalue weighted by atomic mass is 10.3. The van der Waals surface area contributed by atoms with Gasteiger partial charge in [-0.2, -0.15) is 0 Å². The molecule has 0 amide bonds. The summed E-state index contributed by atoms with van der Waals surface area (Å²) >= 11 is 1.09. The van der Waals surface area contributed by atoms with Gasteiger partial charge in [0.1, 0.15) is 5.82 Å². The van der Waals surface area contributed by atoms with Crippen LogP contribution in [0.1, 0.15) is 12.6 Å². The number of nitrogens with zero attached hydrogens (tertiary/aromatic N) is 3. The van der Waals surface area contributed by atoms with Crippen molar-refractivity contribution in [3.8, 4) is 5.69 Å². The van der Waals surface area contributed by atoms with Crippen LogP contribution in [0.15, 0.2) is 29.8 Å². The van der Waals surface area contributed by atoms with E-state index in [4.69, 9.17) is 5.11 Å². The van der Waals surface area contributed by atoms with Crippen LogP contribution in [0.2, 0.25) is 0 Å². The second kappa shape index (κ2) is 5.83. The molecule has 0 aromatic carbocycles. The third-order valence-electron chi connectivity index (χ3n) is 2.44. The lowest BCUT2D eigenvalue weighted by molar-refractivity contribution is -0.133. The minimum Gasteiger partial charge on any atom is -0.481 e. The van der Waals surface area contributed by atoms with Crippen molar-refractivity contribution in [1.29, 1.82) is 0 Å². The van der Waals surface area contributed by atoms with Crippen LogP contribution in [-0.4, -0.2) is 31.4 Å². The van der Waals surface area contributed by atoms with E-state index in [9.17, 15) is 9.18 Å². The molecule has 2 aromatic rings. The maximum absolute atomic E-state index is 13.2. The van der Waals surface area contributed by atoms with Crippen molar-refractivity contribution in [2.24, 2.45) is 0 Å². The largest absolute Gasteiger partial charge is 0.481 e. The van der Waals surface area contributed by atoms with Crippen LogP contribution in [0, 0.1) is 5.82 Å². The summed E-state index contributed by atoms with van der Waals surface area (Å²) in [7, 11) is 0. The number of carboxylic acids is 1. The van der Waals surface area contributed by atoms with Gasteiger partial charge in [0.25, 0.3) is 0 Å². The number of carboxylic acid groups (broad SMARTS) is 1. The van der Waals surface area contributed by atoms with Crippen LogP contribution < -0.4 is 0 Å². The zero-order chi connectivity index (χ0) is 13.8. The van der Waals surface area contributed by atoms with E-state index < -0.39 is 11.8 Å². The number of hydrogen-bond donors (Lipinski definition) is 1. The molecular formula is C12H12FN3O2S. The van der Waals surface area contributed by atoms with Crippen LogP contribution in [-0.2, 0) is 11.2 Å². The molecule has 5 nitrogen and oxygen atoms in total. The molecule has 0 radical (unpaired) electrons. The molecular weight excluding hydrogens is 269 g/mol. The fourth-order valence-electron chi connectivity index (χ4n) is 1.64. The molecule has 0 fully saturated rings. The molecule has 2 rings (SSSR count). The van der Waals surface area contributed by atoms with Gasteiger partial charge in [-0.1, -0.05) is 18.7 Å². The molecule has 100 valence electrons. The van der Waals surface area contributed by atoms with E-state index in [0.29, 0.717) is 17.3 Å². The van der Waals surface area contributed by atoms with E-state index in [2.05, 4.69) is 9.97 Å². The van der Waals surface area contributed by atoms with Gasteiger partial charge in [-0.25, -0.2) is 9.37 Å². The van der Waals surface area contributed by atoms with Crippen molar-refractivity contribution in [3.05, 3.63) is 36.2 Å².